The third-order valence-corrected chi connectivity index (χ3v) is 6.57. The Balaban J connectivity index is 1.62. The molecule has 178 valence electrons. The Morgan fingerprint density at radius 3 is 2.17 bits per heavy atom. The maximum Gasteiger partial charge on any atom is 0.358 e. The van der Waals surface area contributed by atoms with E-state index in [1.165, 1.54) is 12.7 Å². The average molecular weight is 469 g/mol. The molecule has 0 spiro atoms. The second kappa shape index (κ2) is 10.0. The van der Waals surface area contributed by atoms with E-state index in [9.17, 15) is 4.79 Å². The number of benzene rings is 1. The molecule has 0 radical (unpaired) electrons. The SMILES string of the molecule is COC(=O)c1ccc(-c2ccc(C(C)(c3ccc(-c4cncc(OC)c4)cc3)C(C)C)nc2)nn1. The summed E-state index contributed by atoms with van der Waals surface area (Å²) in [5.41, 5.74) is 5.54. The molecule has 4 rings (SSSR count). The molecule has 3 aromatic heterocycles. The number of pyridine rings is 2. The van der Waals surface area contributed by atoms with Crippen LogP contribution in [0.3, 0.4) is 0 Å². The quantitative estimate of drug-likeness (QED) is 0.338. The lowest BCUT2D eigenvalue weighted by Gasteiger charge is -2.34. The van der Waals surface area contributed by atoms with E-state index in [2.05, 4.69) is 65.0 Å². The number of esters is 1. The number of ether oxygens (including phenoxy) is 2. The van der Waals surface area contributed by atoms with Gasteiger partial charge in [-0.05, 0) is 54.3 Å². The van der Waals surface area contributed by atoms with E-state index in [0.29, 0.717) is 11.6 Å². The van der Waals surface area contributed by atoms with Crippen LogP contribution in [0.2, 0.25) is 0 Å². The van der Waals surface area contributed by atoms with Gasteiger partial charge in [-0.3, -0.25) is 9.97 Å². The lowest BCUT2D eigenvalue weighted by atomic mass is 9.70. The first-order valence-electron chi connectivity index (χ1n) is 11.4. The topological polar surface area (TPSA) is 87.1 Å². The van der Waals surface area contributed by atoms with Gasteiger partial charge in [0.15, 0.2) is 5.69 Å². The fourth-order valence-corrected chi connectivity index (χ4v) is 4.03. The predicted molar refractivity (Wildman–Crippen MR) is 134 cm³/mol. The molecule has 7 heteroatoms. The Bertz CT molecular complexity index is 1300. The van der Waals surface area contributed by atoms with E-state index in [0.717, 1.165) is 28.1 Å². The van der Waals surface area contributed by atoms with Crippen molar-refractivity contribution in [3.8, 4) is 28.1 Å². The molecule has 0 amide bonds. The van der Waals surface area contributed by atoms with Crippen LogP contribution in [0.15, 0.2) is 73.2 Å². The minimum Gasteiger partial charge on any atom is -0.495 e. The summed E-state index contributed by atoms with van der Waals surface area (Å²) in [6, 6.07) is 17.9. The van der Waals surface area contributed by atoms with Gasteiger partial charge in [0.05, 0.1) is 31.8 Å². The highest BCUT2D eigenvalue weighted by Crippen LogP contribution is 2.39. The number of carbonyl (C=O) groups is 1. The Morgan fingerprint density at radius 2 is 1.60 bits per heavy atom. The Labute approximate surface area is 205 Å². The zero-order chi connectivity index (χ0) is 25.0. The summed E-state index contributed by atoms with van der Waals surface area (Å²) >= 11 is 0. The van der Waals surface area contributed by atoms with E-state index < -0.39 is 5.97 Å². The van der Waals surface area contributed by atoms with Crippen LogP contribution in [-0.4, -0.2) is 40.4 Å². The van der Waals surface area contributed by atoms with Crippen molar-refractivity contribution in [3.63, 3.8) is 0 Å². The van der Waals surface area contributed by atoms with E-state index >= 15 is 0 Å². The first-order chi connectivity index (χ1) is 16.9. The number of carbonyl (C=O) groups excluding carboxylic acids is 1. The van der Waals surface area contributed by atoms with Crippen molar-refractivity contribution >= 4 is 5.97 Å². The van der Waals surface area contributed by atoms with Crippen molar-refractivity contribution in [1.82, 2.24) is 20.2 Å². The summed E-state index contributed by atoms with van der Waals surface area (Å²) in [6.07, 6.45) is 5.33. The van der Waals surface area contributed by atoms with Crippen LogP contribution >= 0.6 is 0 Å². The van der Waals surface area contributed by atoms with Gasteiger partial charge in [-0.25, -0.2) is 4.79 Å². The molecular weight excluding hydrogens is 440 g/mol. The van der Waals surface area contributed by atoms with Gasteiger partial charge in [0.25, 0.3) is 0 Å². The lowest BCUT2D eigenvalue weighted by molar-refractivity contribution is 0.0592. The van der Waals surface area contributed by atoms with Crippen molar-refractivity contribution in [3.05, 3.63) is 90.1 Å². The highest BCUT2D eigenvalue weighted by molar-refractivity contribution is 5.87. The smallest absolute Gasteiger partial charge is 0.358 e. The molecule has 1 atom stereocenters. The molecule has 35 heavy (non-hydrogen) atoms. The van der Waals surface area contributed by atoms with E-state index in [-0.39, 0.29) is 11.1 Å². The van der Waals surface area contributed by atoms with Gasteiger partial charge in [-0.15, -0.1) is 10.2 Å². The summed E-state index contributed by atoms with van der Waals surface area (Å²) in [6.45, 7) is 6.62. The lowest BCUT2D eigenvalue weighted by Crippen LogP contribution is -2.31. The van der Waals surface area contributed by atoms with Gasteiger partial charge in [0.2, 0.25) is 0 Å². The van der Waals surface area contributed by atoms with E-state index in [1.54, 1.807) is 31.6 Å². The van der Waals surface area contributed by atoms with Crippen LogP contribution in [0.25, 0.3) is 22.4 Å². The summed E-state index contributed by atoms with van der Waals surface area (Å²) in [5.74, 6) is 0.510. The Kier molecular flexibility index (Phi) is 6.87. The molecule has 3 heterocycles. The standard InChI is InChI=1S/C28H28N4O3/c1-18(2)28(3,22-9-6-19(7-10-22)21-14-23(34-4)17-29-15-21)26-13-8-20(16-30-26)24-11-12-25(32-31-24)27(33)35-5/h6-18H,1-5H3. The molecule has 1 unspecified atom stereocenters. The summed E-state index contributed by atoms with van der Waals surface area (Å²) < 4.78 is 9.99. The third-order valence-electron chi connectivity index (χ3n) is 6.57. The molecule has 0 aliphatic heterocycles. The van der Waals surface area contributed by atoms with Gasteiger partial charge in [-0.2, -0.15) is 0 Å². The molecule has 0 aliphatic carbocycles. The van der Waals surface area contributed by atoms with Crippen LogP contribution in [0, 0.1) is 5.92 Å². The molecule has 1 aromatic carbocycles. The van der Waals surface area contributed by atoms with Crippen LogP contribution in [-0.2, 0) is 10.2 Å². The molecule has 0 N–H and O–H groups in total. The van der Waals surface area contributed by atoms with Crippen molar-refractivity contribution in [2.24, 2.45) is 5.92 Å². The van der Waals surface area contributed by atoms with Crippen LogP contribution in [0.5, 0.6) is 5.75 Å². The fraction of sp³-hybridized carbons (Fsp3) is 0.250. The van der Waals surface area contributed by atoms with Gasteiger partial charge < -0.3 is 9.47 Å². The maximum atomic E-state index is 11.6. The summed E-state index contributed by atoms with van der Waals surface area (Å²) in [4.78, 5) is 20.7. The van der Waals surface area contributed by atoms with Crippen molar-refractivity contribution in [2.45, 2.75) is 26.2 Å². The second-order valence-electron chi connectivity index (χ2n) is 8.78. The molecule has 0 fully saturated rings. The van der Waals surface area contributed by atoms with E-state index in [4.69, 9.17) is 9.72 Å². The number of rotatable bonds is 7. The van der Waals surface area contributed by atoms with Crippen molar-refractivity contribution in [1.29, 1.82) is 0 Å². The van der Waals surface area contributed by atoms with Gasteiger partial charge in [-0.1, -0.05) is 38.1 Å². The van der Waals surface area contributed by atoms with Gasteiger partial charge >= 0.3 is 5.97 Å². The molecule has 0 bridgehead atoms. The van der Waals surface area contributed by atoms with Gasteiger partial charge in [0, 0.05) is 28.9 Å². The molecule has 0 aliphatic rings. The van der Waals surface area contributed by atoms with Crippen LogP contribution in [0.1, 0.15) is 42.5 Å². The summed E-state index contributed by atoms with van der Waals surface area (Å²) in [7, 11) is 2.95. The maximum absolute atomic E-state index is 11.6. The molecule has 0 saturated carbocycles. The van der Waals surface area contributed by atoms with Crippen LogP contribution < -0.4 is 4.74 Å². The first kappa shape index (κ1) is 24.0. The minimum atomic E-state index is -0.515. The highest BCUT2D eigenvalue weighted by atomic mass is 16.5. The number of methoxy groups -OCH3 is 2. The number of hydrogen-bond donors (Lipinski definition) is 0. The van der Waals surface area contributed by atoms with Gasteiger partial charge in [0.1, 0.15) is 5.75 Å². The zero-order valence-electron chi connectivity index (χ0n) is 20.5. The Hall–Kier alpha value is -4.13. The fourth-order valence-electron chi connectivity index (χ4n) is 4.03. The second-order valence-corrected chi connectivity index (χ2v) is 8.78. The first-order valence-corrected chi connectivity index (χ1v) is 11.4. The number of hydrogen-bond acceptors (Lipinski definition) is 7. The zero-order valence-corrected chi connectivity index (χ0v) is 20.5. The minimum absolute atomic E-state index is 0.168. The largest absolute Gasteiger partial charge is 0.495 e. The van der Waals surface area contributed by atoms with Crippen molar-refractivity contribution < 1.29 is 14.3 Å². The molecule has 0 saturated heterocycles. The third kappa shape index (κ3) is 4.75. The number of aromatic nitrogens is 4. The summed E-state index contributed by atoms with van der Waals surface area (Å²) in [5, 5.41) is 8.10. The monoisotopic (exact) mass is 468 g/mol. The highest BCUT2D eigenvalue weighted by Gasteiger charge is 2.34. The predicted octanol–water partition coefficient (Wildman–Crippen LogP) is 5.36. The number of nitrogens with zero attached hydrogens (tertiary/aromatic N) is 4. The van der Waals surface area contributed by atoms with E-state index in [1.807, 2.05) is 24.4 Å². The molecule has 4 aromatic rings. The molecule has 7 nitrogen and oxygen atoms in total. The van der Waals surface area contributed by atoms with Crippen LogP contribution in [0.4, 0.5) is 0 Å². The Morgan fingerprint density at radius 1 is 0.857 bits per heavy atom. The molecular formula is C28H28N4O3. The van der Waals surface area contributed by atoms with Crippen molar-refractivity contribution in [2.75, 3.05) is 14.2 Å². The average Bonchev–Trinajstić information content (AvgIpc) is 2.92. The normalized spacial score (nSPS) is 12.7.